The van der Waals surface area contributed by atoms with Crippen LogP contribution in [0.3, 0.4) is 0 Å². The van der Waals surface area contributed by atoms with Crippen molar-refractivity contribution in [2.45, 2.75) is 38.6 Å². The Balaban J connectivity index is 1.69. The molecule has 1 aliphatic rings. The molecule has 0 saturated carbocycles. The highest BCUT2D eigenvalue weighted by molar-refractivity contribution is 5.92. The highest BCUT2D eigenvalue weighted by atomic mass is 16.2. The lowest BCUT2D eigenvalue weighted by atomic mass is 9.89. The summed E-state index contributed by atoms with van der Waals surface area (Å²) in [6.07, 6.45) is 4.84. The second kappa shape index (κ2) is 6.99. The van der Waals surface area contributed by atoms with Gasteiger partial charge >= 0.3 is 0 Å². The van der Waals surface area contributed by atoms with Crippen LogP contribution in [0.5, 0.6) is 0 Å². The van der Waals surface area contributed by atoms with Crippen molar-refractivity contribution in [3.63, 3.8) is 0 Å². The van der Waals surface area contributed by atoms with Gasteiger partial charge < -0.3 is 10.2 Å². The van der Waals surface area contributed by atoms with Crippen LogP contribution in [0.4, 0.5) is 5.82 Å². The number of rotatable bonds is 4. The topological polar surface area (TPSA) is 58.1 Å². The van der Waals surface area contributed by atoms with Crippen LogP contribution < -0.4 is 10.2 Å². The quantitative estimate of drug-likeness (QED) is 0.939. The number of nitrogens with zero attached hydrogens (tertiary/aromatic N) is 3. The van der Waals surface area contributed by atoms with Crippen LogP contribution in [0.15, 0.2) is 30.3 Å². The van der Waals surface area contributed by atoms with Crippen LogP contribution in [0, 0.1) is 0 Å². The number of aryl methyl sites for hydroxylation is 2. The van der Waals surface area contributed by atoms with E-state index >= 15 is 0 Å². The lowest BCUT2D eigenvalue weighted by Gasteiger charge is -2.20. The number of carbonyl (C=O) groups is 1. The molecule has 1 aromatic heterocycles. The number of nitrogens with one attached hydrogen (secondary N) is 1. The third-order valence-electron chi connectivity index (χ3n) is 4.56. The summed E-state index contributed by atoms with van der Waals surface area (Å²) < 4.78 is 0. The molecule has 5 nitrogen and oxygen atoms in total. The van der Waals surface area contributed by atoms with Gasteiger partial charge in [0.1, 0.15) is 0 Å². The average Bonchev–Trinajstić information content (AvgIpc) is 2.61. The van der Waals surface area contributed by atoms with Crippen molar-refractivity contribution in [2.24, 2.45) is 0 Å². The van der Waals surface area contributed by atoms with E-state index in [0.29, 0.717) is 5.69 Å². The van der Waals surface area contributed by atoms with Crippen LogP contribution in [-0.4, -0.2) is 30.2 Å². The molecule has 0 radical (unpaired) electrons. The van der Waals surface area contributed by atoms with Gasteiger partial charge in [-0.15, -0.1) is 10.2 Å². The molecule has 1 atom stereocenters. The molecule has 5 heteroatoms. The minimum absolute atomic E-state index is 0.0555. The molecular formula is C19H24N4O. The van der Waals surface area contributed by atoms with E-state index in [-0.39, 0.29) is 11.9 Å². The Kier molecular flexibility index (Phi) is 4.79. The predicted octanol–water partition coefficient (Wildman–Crippen LogP) is 2.91. The van der Waals surface area contributed by atoms with Crippen LogP contribution in [0.25, 0.3) is 0 Å². The summed E-state index contributed by atoms with van der Waals surface area (Å²) in [7, 11) is 3.78. The van der Waals surface area contributed by atoms with Crippen molar-refractivity contribution >= 4 is 11.7 Å². The molecule has 126 valence electrons. The van der Waals surface area contributed by atoms with Gasteiger partial charge in [-0.05, 0) is 61.4 Å². The van der Waals surface area contributed by atoms with Crippen molar-refractivity contribution in [1.82, 2.24) is 15.5 Å². The number of hydrogen-bond donors (Lipinski definition) is 1. The summed E-state index contributed by atoms with van der Waals surface area (Å²) in [5.74, 6) is 0.535. The Morgan fingerprint density at radius 2 is 1.83 bits per heavy atom. The minimum Gasteiger partial charge on any atom is -0.361 e. The maximum atomic E-state index is 12.4. The first-order chi connectivity index (χ1) is 11.5. The van der Waals surface area contributed by atoms with Crippen molar-refractivity contribution in [1.29, 1.82) is 0 Å². The number of carbonyl (C=O) groups excluding carboxylic acids is 1. The number of aromatic nitrogens is 2. The molecule has 1 heterocycles. The van der Waals surface area contributed by atoms with Crippen LogP contribution in [-0.2, 0) is 12.8 Å². The van der Waals surface area contributed by atoms with Crippen molar-refractivity contribution in [3.05, 3.63) is 52.7 Å². The zero-order chi connectivity index (χ0) is 17.1. The molecule has 3 rings (SSSR count). The molecule has 1 N–H and O–H groups in total. The molecule has 24 heavy (non-hydrogen) atoms. The first-order valence-electron chi connectivity index (χ1n) is 8.48. The Morgan fingerprint density at radius 3 is 2.50 bits per heavy atom. The molecule has 1 amide bonds. The molecule has 0 saturated heterocycles. The van der Waals surface area contributed by atoms with E-state index in [0.717, 1.165) is 17.8 Å². The van der Waals surface area contributed by atoms with Crippen molar-refractivity contribution in [3.8, 4) is 0 Å². The molecule has 0 fully saturated rings. The summed E-state index contributed by atoms with van der Waals surface area (Å²) in [5, 5.41) is 11.1. The smallest absolute Gasteiger partial charge is 0.272 e. The van der Waals surface area contributed by atoms with E-state index in [1.54, 1.807) is 12.1 Å². The fourth-order valence-electron chi connectivity index (χ4n) is 3.06. The summed E-state index contributed by atoms with van der Waals surface area (Å²) in [6.45, 7) is 2.00. The highest BCUT2D eigenvalue weighted by Crippen LogP contribution is 2.24. The molecule has 0 bridgehead atoms. The predicted molar refractivity (Wildman–Crippen MR) is 95.3 cm³/mol. The van der Waals surface area contributed by atoms with Crippen LogP contribution in [0.1, 0.15) is 53.0 Å². The van der Waals surface area contributed by atoms with E-state index in [9.17, 15) is 4.79 Å². The third kappa shape index (κ3) is 3.55. The maximum absolute atomic E-state index is 12.4. The van der Waals surface area contributed by atoms with Gasteiger partial charge in [0.05, 0.1) is 6.04 Å². The lowest BCUT2D eigenvalue weighted by molar-refractivity contribution is 0.0934. The summed E-state index contributed by atoms with van der Waals surface area (Å²) >= 11 is 0. The lowest BCUT2D eigenvalue weighted by Crippen LogP contribution is -2.28. The maximum Gasteiger partial charge on any atom is 0.272 e. The second-order valence-electron chi connectivity index (χ2n) is 6.60. The third-order valence-corrected chi connectivity index (χ3v) is 4.56. The van der Waals surface area contributed by atoms with Gasteiger partial charge in [-0.25, -0.2) is 0 Å². The fourth-order valence-corrected chi connectivity index (χ4v) is 3.06. The Morgan fingerprint density at radius 1 is 1.08 bits per heavy atom. The summed E-state index contributed by atoms with van der Waals surface area (Å²) in [5.41, 5.74) is 4.36. The highest BCUT2D eigenvalue weighted by Gasteiger charge is 2.16. The zero-order valence-corrected chi connectivity index (χ0v) is 14.5. The Bertz CT molecular complexity index is 725. The van der Waals surface area contributed by atoms with Gasteiger partial charge in [0.15, 0.2) is 11.5 Å². The van der Waals surface area contributed by atoms with Crippen LogP contribution in [0.2, 0.25) is 0 Å². The second-order valence-corrected chi connectivity index (χ2v) is 6.60. The van der Waals surface area contributed by atoms with Gasteiger partial charge in [0.25, 0.3) is 5.91 Å². The standard InChI is InChI=1S/C19H24N4O/c1-13(15-9-8-14-6-4-5-7-16(14)12-15)20-19(24)17-10-11-18(22-21-17)23(2)3/h8-13H,4-7H2,1-3H3,(H,20,24). The monoisotopic (exact) mass is 324 g/mol. The van der Waals surface area contributed by atoms with Crippen molar-refractivity contribution < 1.29 is 4.79 Å². The first kappa shape index (κ1) is 16.4. The van der Waals surface area contributed by atoms with Gasteiger partial charge in [-0.2, -0.15) is 0 Å². The summed E-state index contributed by atoms with van der Waals surface area (Å²) in [6, 6.07) is 10.0. The number of benzene rings is 1. The molecule has 1 unspecified atom stereocenters. The van der Waals surface area contributed by atoms with E-state index in [1.165, 1.54) is 30.4 Å². The number of anilines is 1. The average molecular weight is 324 g/mol. The SMILES string of the molecule is CC(NC(=O)c1ccc(N(C)C)nn1)c1ccc2c(c1)CCCC2. The number of fused-ring (bicyclic) bond motifs is 1. The number of hydrogen-bond acceptors (Lipinski definition) is 4. The molecular weight excluding hydrogens is 300 g/mol. The largest absolute Gasteiger partial charge is 0.361 e. The van der Waals surface area contributed by atoms with E-state index in [2.05, 4.69) is 33.7 Å². The minimum atomic E-state index is -0.196. The normalized spacial score (nSPS) is 14.6. The van der Waals surface area contributed by atoms with Crippen molar-refractivity contribution in [2.75, 3.05) is 19.0 Å². The fraction of sp³-hybridized carbons (Fsp3) is 0.421. The molecule has 0 spiro atoms. The molecule has 2 aromatic rings. The van der Waals surface area contributed by atoms with Gasteiger partial charge in [-0.3, -0.25) is 4.79 Å². The molecule has 0 aliphatic heterocycles. The van der Waals surface area contributed by atoms with Gasteiger partial charge in [-0.1, -0.05) is 18.2 Å². The molecule has 1 aromatic carbocycles. The van der Waals surface area contributed by atoms with Gasteiger partial charge in [0, 0.05) is 14.1 Å². The zero-order valence-electron chi connectivity index (χ0n) is 14.5. The van der Waals surface area contributed by atoms with E-state index < -0.39 is 0 Å². The summed E-state index contributed by atoms with van der Waals surface area (Å²) in [4.78, 5) is 14.2. The Hall–Kier alpha value is -2.43. The molecule has 1 aliphatic carbocycles. The van der Waals surface area contributed by atoms with E-state index in [1.807, 2.05) is 25.9 Å². The number of amides is 1. The van der Waals surface area contributed by atoms with Crippen LogP contribution >= 0.6 is 0 Å². The van der Waals surface area contributed by atoms with E-state index in [4.69, 9.17) is 0 Å². The Labute approximate surface area is 143 Å². The first-order valence-corrected chi connectivity index (χ1v) is 8.48. The van der Waals surface area contributed by atoms with Gasteiger partial charge in [0.2, 0.25) is 0 Å².